The molecule has 2 amide bonds. The molecule has 1 unspecified atom stereocenters. The van der Waals surface area contributed by atoms with Crippen LogP contribution in [0.3, 0.4) is 0 Å². The van der Waals surface area contributed by atoms with Crippen molar-refractivity contribution in [2.45, 2.75) is 32.9 Å². The quantitative estimate of drug-likeness (QED) is 0.597. The molecule has 0 aliphatic rings. The topological polar surface area (TPSA) is 50.4 Å². The van der Waals surface area contributed by atoms with Crippen LogP contribution in [0.25, 0.3) is 10.8 Å². The lowest BCUT2D eigenvalue weighted by Crippen LogP contribution is -2.39. The Morgan fingerprint density at radius 3 is 2.27 bits per heavy atom. The monoisotopic (exact) mass is 348 g/mol. The standard InChI is InChI=1S/C22H24N2O2/c1-15(2)17-9-12-21(13-10-17)26-16(3)23-22(25)24-20-11-8-18-6-4-5-7-19(18)14-20/h4-16H,1-3H3,(H2,23,24,25). The Bertz CT molecular complexity index is 888. The summed E-state index contributed by atoms with van der Waals surface area (Å²) in [6.07, 6.45) is -0.444. The molecule has 0 aliphatic carbocycles. The average molecular weight is 348 g/mol. The summed E-state index contributed by atoms with van der Waals surface area (Å²) in [5, 5.41) is 7.86. The molecule has 3 rings (SSSR count). The smallest absolute Gasteiger partial charge is 0.322 e. The number of fused-ring (bicyclic) bond motifs is 1. The molecule has 4 nitrogen and oxygen atoms in total. The summed E-state index contributed by atoms with van der Waals surface area (Å²) in [6, 6.07) is 21.5. The van der Waals surface area contributed by atoms with Gasteiger partial charge in [-0.1, -0.05) is 56.3 Å². The molecular formula is C22H24N2O2. The molecule has 134 valence electrons. The molecule has 0 fully saturated rings. The predicted molar refractivity (Wildman–Crippen MR) is 107 cm³/mol. The van der Waals surface area contributed by atoms with E-state index in [1.807, 2.05) is 66.7 Å². The normalized spacial score (nSPS) is 12.0. The number of hydrogen-bond acceptors (Lipinski definition) is 2. The van der Waals surface area contributed by atoms with E-state index >= 15 is 0 Å². The summed E-state index contributed by atoms with van der Waals surface area (Å²) >= 11 is 0. The number of carbonyl (C=O) groups excluding carboxylic acids is 1. The maximum absolute atomic E-state index is 12.2. The fraction of sp³-hybridized carbons (Fsp3) is 0.227. The van der Waals surface area contributed by atoms with Gasteiger partial charge in [-0.3, -0.25) is 0 Å². The number of nitrogens with one attached hydrogen (secondary N) is 2. The average Bonchev–Trinajstić information content (AvgIpc) is 2.61. The van der Waals surface area contributed by atoms with Gasteiger partial charge in [0.2, 0.25) is 0 Å². The number of benzene rings is 3. The Hall–Kier alpha value is -3.01. The Balaban J connectivity index is 1.56. The zero-order valence-corrected chi connectivity index (χ0v) is 15.3. The third kappa shape index (κ3) is 4.54. The summed E-state index contributed by atoms with van der Waals surface area (Å²) in [5.74, 6) is 1.21. The molecule has 0 bridgehead atoms. The van der Waals surface area contributed by atoms with Gasteiger partial charge < -0.3 is 15.4 Å². The molecule has 0 saturated carbocycles. The predicted octanol–water partition coefficient (Wildman–Crippen LogP) is 5.51. The minimum Gasteiger partial charge on any atom is -0.471 e. The van der Waals surface area contributed by atoms with Gasteiger partial charge in [0.05, 0.1) is 0 Å². The maximum Gasteiger partial charge on any atom is 0.322 e. The molecular weight excluding hydrogens is 324 g/mol. The van der Waals surface area contributed by atoms with Crippen molar-refractivity contribution in [3.63, 3.8) is 0 Å². The van der Waals surface area contributed by atoms with Crippen LogP contribution >= 0.6 is 0 Å². The Kier molecular flexibility index (Phi) is 5.42. The van der Waals surface area contributed by atoms with Crippen molar-refractivity contribution in [1.82, 2.24) is 5.32 Å². The van der Waals surface area contributed by atoms with E-state index < -0.39 is 6.23 Å². The Morgan fingerprint density at radius 1 is 0.885 bits per heavy atom. The van der Waals surface area contributed by atoms with Gasteiger partial charge in [-0.15, -0.1) is 0 Å². The number of urea groups is 1. The first-order valence-electron chi connectivity index (χ1n) is 8.84. The van der Waals surface area contributed by atoms with Gasteiger partial charge in [0, 0.05) is 5.69 Å². The van der Waals surface area contributed by atoms with Crippen molar-refractivity contribution in [3.05, 3.63) is 72.3 Å². The fourth-order valence-corrected chi connectivity index (χ4v) is 2.78. The van der Waals surface area contributed by atoms with E-state index in [1.54, 1.807) is 6.92 Å². The molecule has 0 aliphatic heterocycles. The highest BCUT2D eigenvalue weighted by atomic mass is 16.5. The molecule has 3 aromatic rings. The van der Waals surface area contributed by atoms with Gasteiger partial charge in [-0.25, -0.2) is 4.79 Å². The van der Waals surface area contributed by atoms with E-state index in [0.717, 1.165) is 22.2 Å². The zero-order valence-electron chi connectivity index (χ0n) is 15.3. The van der Waals surface area contributed by atoms with Crippen LogP contribution in [0.2, 0.25) is 0 Å². The highest BCUT2D eigenvalue weighted by Crippen LogP contribution is 2.20. The zero-order chi connectivity index (χ0) is 18.5. The van der Waals surface area contributed by atoms with E-state index in [0.29, 0.717) is 5.92 Å². The molecule has 3 aromatic carbocycles. The Labute approximate surface area is 154 Å². The van der Waals surface area contributed by atoms with Crippen LogP contribution in [0.4, 0.5) is 10.5 Å². The lowest BCUT2D eigenvalue weighted by molar-refractivity contribution is 0.183. The largest absolute Gasteiger partial charge is 0.471 e. The van der Waals surface area contributed by atoms with Crippen molar-refractivity contribution in [2.24, 2.45) is 0 Å². The third-order valence-corrected chi connectivity index (χ3v) is 4.20. The molecule has 0 spiro atoms. The first-order chi connectivity index (χ1) is 12.5. The van der Waals surface area contributed by atoms with Crippen molar-refractivity contribution < 1.29 is 9.53 Å². The first kappa shape index (κ1) is 17.8. The second-order valence-electron chi connectivity index (χ2n) is 6.64. The molecule has 4 heteroatoms. The second kappa shape index (κ2) is 7.91. The Morgan fingerprint density at radius 2 is 1.58 bits per heavy atom. The van der Waals surface area contributed by atoms with Gasteiger partial charge >= 0.3 is 6.03 Å². The lowest BCUT2D eigenvalue weighted by atomic mass is 10.0. The molecule has 0 aromatic heterocycles. The number of anilines is 1. The van der Waals surface area contributed by atoms with Gasteiger partial charge in [0.25, 0.3) is 0 Å². The van der Waals surface area contributed by atoms with Crippen LogP contribution in [-0.4, -0.2) is 12.3 Å². The van der Waals surface area contributed by atoms with Crippen molar-refractivity contribution in [1.29, 1.82) is 0 Å². The molecule has 2 N–H and O–H groups in total. The number of carbonyl (C=O) groups is 1. The SMILES string of the molecule is CC(NC(=O)Nc1ccc2ccccc2c1)Oc1ccc(C(C)C)cc1. The highest BCUT2D eigenvalue weighted by molar-refractivity contribution is 5.93. The van der Waals surface area contributed by atoms with Crippen LogP contribution in [-0.2, 0) is 0 Å². The van der Waals surface area contributed by atoms with E-state index in [1.165, 1.54) is 5.56 Å². The summed E-state index contributed by atoms with van der Waals surface area (Å²) in [5.41, 5.74) is 2.00. The third-order valence-electron chi connectivity index (χ3n) is 4.20. The van der Waals surface area contributed by atoms with Gasteiger partial charge in [0.15, 0.2) is 6.23 Å². The van der Waals surface area contributed by atoms with Crippen molar-refractivity contribution in [3.8, 4) is 5.75 Å². The maximum atomic E-state index is 12.2. The number of rotatable bonds is 5. The second-order valence-corrected chi connectivity index (χ2v) is 6.64. The molecule has 26 heavy (non-hydrogen) atoms. The molecule has 0 radical (unpaired) electrons. The van der Waals surface area contributed by atoms with Gasteiger partial charge in [-0.05, 0) is 53.4 Å². The van der Waals surface area contributed by atoms with Crippen LogP contribution < -0.4 is 15.4 Å². The molecule has 0 heterocycles. The van der Waals surface area contributed by atoms with Crippen LogP contribution in [0, 0.1) is 0 Å². The van der Waals surface area contributed by atoms with Crippen LogP contribution in [0.1, 0.15) is 32.3 Å². The number of ether oxygens (including phenoxy) is 1. The van der Waals surface area contributed by atoms with E-state index in [9.17, 15) is 4.79 Å². The van der Waals surface area contributed by atoms with E-state index in [4.69, 9.17) is 4.74 Å². The fourth-order valence-electron chi connectivity index (χ4n) is 2.78. The number of amides is 2. The van der Waals surface area contributed by atoms with Crippen molar-refractivity contribution >= 4 is 22.5 Å². The van der Waals surface area contributed by atoms with Gasteiger partial charge in [-0.2, -0.15) is 0 Å². The summed E-state index contributed by atoms with van der Waals surface area (Å²) in [7, 11) is 0. The first-order valence-corrected chi connectivity index (χ1v) is 8.84. The van der Waals surface area contributed by atoms with Crippen LogP contribution in [0.15, 0.2) is 66.7 Å². The van der Waals surface area contributed by atoms with Crippen molar-refractivity contribution in [2.75, 3.05) is 5.32 Å². The summed E-state index contributed by atoms with van der Waals surface area (Å²) in [4.78, 5) is 12.2. The van der Waals surface area contributed by atoms with Crippen LogP contribution in [0.5, 0.6) is 5.75 Å². The molecule has 0 saturated heterocycles. The minimum atomic E-state index is -0.444. The summed E-state index contributed by atoms with van der Waals surface area (Å²) in [6.45, 7) is 6.10. The van der Waals surface area contributed by atoms with Gasteiger partial charge in [0.1, 0.15) is 5.75 Å². The highest BCUT2D eigenvalue weighted by Gasteiger charge is 2.09. The summed E-state index contributed by atoms with van der Waals surface area (Å²) < 4.78 is 5.76. The van der Waals surface area contributed by atoms with E-state index in [-0.39, 0.29) is 6.03 Å². The molecule has 1 atom stereocenters. The van der Waals surface area contributed by atoms with E-state index in [2.05, 4.69) is 24.5 Å². The lowest BCUT2D eigenvalue weighted by Gasteiger charge is -2.17. The minimum absolute atomic E-state index is 0.299. The number of hydrogen-bond donors (Lipinski definition) is 2.